The Morgan fingerprint density at radius 3 is 2.43 bits per heavy atom. The Kier molecular flexibility index (Phi) is 4.61. The molecule has 0 aliphatic rings. The standard InChI is InChI=1S/C15H17N3O3/c1-18-7-6-14(17-18)16-15(19)5-4-11-8-12(20-2)10-13(9-11)21-3/h4-10H,1-3H3,(H,16,17,19)/b5-4+. The van der Waals surface area contributed by atoms with E-state index in [4.69, 9.17) is 9.47 Å². The highest BCUT2D eigenvalue weighted by atomic mass is 16.5. The summed E-state index contributed by atoms with van der Waals surface area (Å²) in [5, 5.41) is 6.74. The van der Waals surface area contributed by atoms with Crippen LogP contribution < -0.4 is 14.8 Å². The lowest BCUT2D eigenvalue weighted by molar-refractivity contribution is -0.111. The number of aromatic nitrogens is 2. The van der Waals surface area contributed by atoms with E-state index < -0.39 is 0 Å². The van der Waals surface area contributed by atoms with Gasteiger partial charge >= 0.3 is 0 Å². The van der Waals surface area contributed by atoms with Crippen molar-refractivity contribution in [3.63, 3.8) is 0 Å². The predicted octanol–water partition coefficient (Wildman–Crippen LogP) is 2.09. The van der Waals surface area contributed by atoms with Gasteiger partial charge in [0.05, 0.1) is 14.2 Å². The van der Waals surface area contributed by atoms with E-state index in [0.717, 1.165) is 5.56 Å². The Balaban J connectivity index is 2.07. The highest BCUT2D eigenvalue weighted by Gasteiger charge is 2.02. The Hall–Kier alpha value is -2.76. The van der Waals surface area contributed by atoms with Crippen LogP contribution in [0.4, 0.5) is 5.82 Å². The summed E-state index contributed by atoms with van der Waals surface area (Å²) in [6, 6.07) is 7.12. The molecule has 0 bridgehead atoms. The van der Waals surface area contributed by atoms with E-state index in [-0.39, 0.29) is 5.91 Å². The average molecular weight is 287 g/mol. The fourth-order valence-corrected chi connectivity index (χ4v) is 1.75. The van der Waals surface area contributed by atoms with Crippen molar-refractivity contribution < 1.29 is 14.3 Å². The summed E-state index contributed by atoms with van der Waals surface area (Å²) in [7, 11) is 4.94. The fourth-order valence-electron chi connectivity index (χ4n) is 1.75. The van der Waals surface area contributed by atoms with Gasteiger partial charge in [-0.1, -0.05) is 0 Å². The fraction of sp³-hybridized carbons (Fsp3) is 0.200. The van der Waals surface area contributed by atoms with Gasteiger partial charge in [0.25, 0.3) is 0 Å². The van der Waals surface area contributed by atoms with Gasteiger partial charge in [0.1, 0.15) is 11.5 Å². The number of hydrogen-bond donors (Lipinski definition) is 1. The number of benzene rings is 1. The molecule has 0 fully saturated rings. The summed E-state index contributed by atoms with van der Waals surface area (Å²) in [6.45, 7) is 0. The minimum absolute atomic E-state index is 0.254. The maximum Gasteiger partial charge on any atom is 0.249 e. The number of rotatable bonds is 5. The topological polar surface area (TPSA) is 65.4 Å². The number of nitrogens with one attached hydrogen (secondary N) is 1. The van der Waals surface area contributed by atoms with E-state index in [2.05, 4.69) is 10.4 Å². The second-order valence-corrected chi connectivity index (χ2v) is 4.34. The number of carbonyl (C=O) groups is 1. The lowest BCUT2D eigenvalue weighted by Crippen LogP contribution is -2.08. The van der Waals surface area contributed by atoms with Crippen LogP contribution >= 0.6 is 0 Å². The van der Waals surface area contributed by atoms with Crippen LogP contribution in [0.25, 0.3) is 6.08 Å². The van der Waals surface area contributed by atoms with Crippen LogP contribution in [0, 0.1) is 0 Å². The van der Waals surface area contributed by atoms with E-state index >= 15 is 0 Å². The van der Waals surface area contributed by atoms with E-state index in [0.29, 0.717) is 17.3 Å². The normalized spacial score (nSPS) is 10.6. The van der Waals surface area contributed by atoms with Crippen LogP contribution in [0.15, 0.2) is 36.5 Å². The zero-order valence-corrected chi connectivity index (χ0v) is 12.2. The second kappa shape index (κ2) is 6.60. The van der Waals surface area contributed by atoms with Gasteiger partial charge in [-0.3, -0.25) is 9.48 Å². The van der Waals surface area contributed by atoms with Crippen molar-refractivity contribution >= 4 is 17.8 Å². The Morgan fingerprint density at radius 1 is 1.24 bits per heavy atom. The Labute approximate surface area is 123 Å². The van der Waals surface area contributed by atoms with Crippen molar-refractivity contribution in [3.8, 4) is 11.5 Å². The van der Waals surface area contributed by atoms with Crippen molar-refractivity contribution in [1.82, 2.24) is 9.78 Å². The highest BCUT2D eigenvalue weighted by Crippen LogP contribution is 2.23. The summed E-state index contributed by atoms with van der Waals surface area (Å²) in [5.41, 5.74) is 0.808. The number of carbonyl (C=O) groups excluding carboxylic acids is 1. The molecule has 0 radical (unpaired) electrons. The molecule has 0 unspecified atom stereocenters. The summed E-state index contributed by atoms with van der Waals surface area (Å²) >= 11 is 0. The van der Waals surface area contributed by atoms with E-state index in [9.17, 15) is 4.79 Å². The molecule has 6 heteroatoms. The van der Waals surface area contributed by atoms with Gasteiger partial charge in [-0.15, -0.1) is 0 Å². The molecule has 0 aliphatic carbocycles. The molecule has 1 N–H and O–H groups in total. The van der Waals surface area contributed by atoms with Crippen LogP contribution in [0.5, 0.6) is 11.5 Å². The Morgan fingerprint density at radius 2 is 1.90 bits per heavy atom. The smallest absolute Gasteiger partial charge is 0.249 e. The molecular weight excluding hydrogens is 270 g/mol. The monoisotopic (exact) mass is 287 g/mol. The molecule has 0 aliphatic heterocycles. The van der Waals surface area contributed by atoms with Gasteiger partial charge in [-0.2, -0.15) is 5.10 Å². The number of aryl methyl sites for hydroxylation is 1. The maximum atomic E-state index is 11.8. The molecule has 2 aromatic rings. The van der Waals surface area contributed by atoms with Crippen molar-refractivity contribution in [1.29, 1.82) is 0 Å². The Bertz CT molecular complexity index is 640. The lowest BCUT2D eigenvalue weighted by atomic mass is 10.2. The minimum Gasteiger partial charge on any atom is -0.497 e. The van der Waals surface area contributed by atoms with E-state index in [1.807, 2.05) is 12.1 Å². The molecule has 2 rings (SSSR count). The van der Waals surface area contributed by atoms with Crippen LogP contribution in [0.3, 0.4) is 0 Å². The van der Waals surface area contributed by atoms with Gasteiger partial charge in [-0.25, -0.2) is 0 Å². The average Bonchev–Trinajstić information content (AvgIpc) is 2.89. The second-order valence-electron chi connectivity index (χ2n) is 4.34. The number of ether oxygens (including phenoxy) is 2. The van der Waals surface area contributed by atoms with Crippen molar-refractivity contribution in [2.24, 2.45) is 7.05 Å². The van der Waals surface area contributed by atoms with Crippen molar-refractivity contribution in [2.45, 2.75) is 0 Å². The first-order chi connectivity index (χ1) is 10.1. The molecule has 110 valence electrons. The molecule has 0 saturated heterocycles. The molecule has 1 amide bonds. The SMILES string of the molecule is COc1cc(/C=C/C(=O)Nc2ccn(C)n2)cc(OC)c1. The predicted molar refractivity (Wildman–Crippen MR) is 80.4 cm³/mol. The lowest BCUT2D eigenvalue weighted by Gasteiger charge is -2.05. The maximum absolute atomic E-state index is 11.8. The van der Waals surface area contributed by atoms with Gasteiger partial charge in [0.15, 0.2) is 5.82 Å². The summed E-state index contributed by atoms with van der Waals surface area (Å²) in [5.74, 6) is 1.59. The third kappa shape index (κ3) is 4.10. The molecule has 0 atom stereocenters. The molecule has 0 spiro atoms. The highest BCUT2D eigenvalue weighted by molar-refractivity contribution is 6.01. The number of nitrogens with zero attached hydrogens (tertiary/aromatic N) is 2. The number of methoxy groups -OCH3 is 2. The molecule has 1 aromatic carbocycles. The molecule has 0 saturated carbocycles. The quantitative estimate of drug-likeness (QED) is 0.855. The third-order valence-corrected chi connectivity index (χ3v) is 2.77. The molecular formula is C15H17N3O3. The first-order valence-corrected chi connectivity index (χ1v) is 6.32. The zero-order chi connectivity index (χ0) is 15.2. The van der Waals surface area contributed by atoms with E-state index in [1.165, 1.54) is 6.08 Å². The number of anilines is 1. The summed E-state index contributed by atoms with van der Waals surface area (Å²) in [4.78, 5) is 11.8. The van der Waals surface area contributed by atoms with Gasteiger partial charge < -0.3 is 14.8 Å². The zero-order valence-electron chi connectivity index (χ0n) is 12.2. The van der Waals surface area contributed by atoms with Crippen LogP contribution in [-0.4, -0.2) is 29.9 Å². The first kappa shape index (κ1) is 14.6. The van der Waals surface area contributed by atoms with Gasteiger partial charge in [0.2, 0.25) is 5.91 Å². The molecule has 1 aromatic heterocycles. The van der Waals surface area contributed by atoms with Gasteiger partial charge in [-0.05, 0) is 23.8 Å². The van der Waals surface area contributed by atoms with Gasteiger partial charge in [0, 0.05) is 31.5 Å². The van der Waals surface area contributed by atoms with Crippen molar-refractivity contribution in [2.75, 3.05) is 19.5 Å². The summed E-state index contributed by atoms with van der Waals surface area (Å²) < 4.78 is 12.0. The largest absolute Gasteiger partial charge is 0.497 e. The summed E-state index contributed by atoms with van der Waals surface area (Å²) in [6.07, 6.45) is 4.87. The van der Waals surface area contributed by atoms with Crippen molar-refractivity contribution in [3.05, 3.63) is 42.1 Å². The van der Waals surface area contributed by atoms with E-state index in [1.54, 1.807) is 50.4 Å². The van der Waals surface area contributed by atoms with Crippen LogP contribution in [0.1, 0.15) is 5.56 Å². The third-order valence-electron chi connectivity index (χ3n) is 2.77. The number of amides is 1. The van der Waals surface area contributed by atoms with Crippen LogP contribution in [-0.2, 0) is 11.8 Å². The van der Waals surface area contributed by atoms with Crippen LogP contribution in [0.2, 0.25) is 0 Å². The first-order valence-electron chi connectivity index (χ1n) is 6.32. The minimum atomic E-state index is -0.254. The molecule has 6 nitrogen and oxygen atoms in total. The number of hydrogen-bond acceptors (Lipinski definition) is 4. The molecule has 1 heterocycles. The molecule has 21 heavy (non-hydrogen) atoms.